The van der Waals surface area contributed by atoms with E-state index in [1.165, 1.54) is 0 Å². The summed E-state index contributed by atoms with van der Waals surface area (Å²) in [5, 5.41) is 12.3. The first kappa shape index (κ1) is 12.0. The van der Waals surface area contributed by atoms with Gasteiger partial charge in [-0.1, -0.05) is 0 Å². The number of aromatic nitrogens is 1. The van der Waals surface area contributed by atoms with Crippen LogP contribution in [0.2, 0.25) is 0 Å². The molecule has 3 nitrogen and oxygen atoms in total. The Labute approximate surface area is 115 Å². The summed E-state index contributed by atoms with van der Waals surface area (Å²) >= 11 is 1.55. The molecule has 0 aliphatic heterocycles. The summed E-state index contributed by atoms with van der Waals surface area (Å²) in [5.74, 6) is 0.0330. The summed E-state index contributed by atoms with van der Waals surface area (Å²) in [4.78, 5) is 6.63. The minimum atomic E-state index is 0.0330. The SMILES string of the molecule is CN(C)c1ccc(-c2nc3ccc([O])cc3s2)cc1. The maximum absolute atomic E-state index is 11.3. The lowest BCUT2D eigenvalue weighted by Gasteiger charge is -2.11. The van der Waals surface area contributed by atoms with E-state index in [0.29, 0.717) is 0 Å². The fourth-order valence-corrected chi connectivity index (χ4v) is 2.93. The van der Waals surface area contributed by atoms with E-state index in [-0.39, 0.29) is 5.75 Å². The number of nitrogens with zero attached hydrogens (tertiary/aromatic N) is 2. The van der Waals surface area contributed by atoms with Gasteiger partial charge in [0.15, 0.2) is 5.75 Å². The smallest absolute Gasteiger partial charge is 0.180 e. The monoisotopic (exact) mass is 269 g/mol. The van der Waals surface area contributed by atoms with E-state index in [9.17, 15) is 5.11 Å². The fraction of sp³-hybridized carbons (Fsp3) is 0.133. The Bertz CT molecular complexity index is 717. The molecule has 0 unspecified atom stereocenters. The van der Waals surface area contributed by atoms with Crippen molar-refractivity contribution in [1.82, 2.24) is 4.98 Å². The van der Waals surface area contributed by atoms with Crippen LogP contribution in [0.4, 0.5) is 5.69 Å². The number of fused-ring (bicyclic) bond motifs is 1. The van der Waals surface area contributed by atoms with Gasteiger partial charge in [0.05, 0.1) is 10.2 Å². The average Bonchev–Trinajstić information content (AvgIpc) is 2.81. The molecule has 1 heterocycles. The van der Waals surface area contributed by atoms with E-state index in [1.54, 1.807) is 29.5 Å². The zero-order valence-corrected chi connectivity index (χ0v) is 11.6. The van der Waals surface area contributed by atoms with Crippen molar-refractivity contribution in [2.45, 2.75) is 0 Å². The Kier molecular flexibility index (Phi) is 2.87. The van der Waals surface area contributed by atoms with Crippen molar-refractivity contribution < 1.29 is 5.11 Å². The first-order valence-corrected chi connectivity index (χ1v) is 6.80. The van der Waals surface area contributed by atoms with E-state index in [0.717, 1.165) is 26.5 Å². The van der Waals surface area contributed by atoms with Crippen LogP contribution in [0.25, 0.3) is 20.8 Å². The van der Waals surface area contributed by atoms with Crippen molar-refractivity contribution in [3.05, 3.63) is 42.5 Å². The Morgan fingerprint density at radius 1 is 1.05 bits per heavy atom. The highest BCUT2D eigenvalue weighted by Gasteiger charge is 2.07. The second-order valence-electron chi connectivity index (χ2n) is 4.59. The molecule has 3 aromatic rings. The van der Waals surface area contributed by atoms with Gasteiger partial charge in [-0.15, -0.1) is 11.3 Å². The van der Waals surface area contributed by atoms with Gasteiger partial charge < -0.3 is 4.90 Å². The molecule has 2 aromatic carbocycles. The summed E-state index contributed by atoms with van der Waals surface area (Å²) in [7, 11) is 4.03. The fourth-order valence-electron chi connectivity index (χ4n) is 1.93. The van der Waals surface area contributed by atoms with Crippen molar-refractivity contribution >= 4 is 27.2 Å². The summed E-state index contributed by atoms with van der Waals surface area (Å²) in [6.45, 7) is 0. The largest absolute Gasteiger partial charge is 0.378 e. The van der Waals surface area contributed by atoms with E-state index in [4.69, 9.17) is 0 Å². The average molecular weight is 269 g/mol. The molecule has 4 heteroatoms. The quantitative estimate of drug-likeness (QED) is 0.700. The normalized spacial score (nSPS) is 10.8. The molecule has 19 heavy (non-hydrogen) atoms. The summed E-state index contributed by atoms with van der Waals surface area (Å²) < 4.78 is 0.944. The number of hydrogen-bond donors (Lipinski definition) is 0. The third kappa shape index (κ3) is 2.27. The van der Waals surface area contributed by atoms with Crippen LogP contribution >= 0.6 is 11.3 Å². The predicted octanol–water partition coefficient (Wildman–Crippen LogP) is 4.17. The van der Waals surface area contributed by atoms with Crippen LogP contribution in [0.5, 0.6) is 5.75 Å². The topological polar surface area (TPSA) is 36.0 Å². The lowest BCUT2D eigenvalue weighted by molar-refractivity contribution is 0.355. The maximum Gasteiger partial charge on any atom is 0.180 e. The highest BCUT2D eigenvalue weighted by Crippen LogP contribution is 2.32. The summed E-state index contributed by atoms with van der Waals surface area (Å²) in [6, 6.07) is 13.2. The zero-order valence-electron chi connectivity index (χ0n) is 10.8. The Morgan fingerprint density at radius 3 is 2.47 bits per heavy atom. The molecule has 0 N–H and O–H groups in total. The number of rotatable bonds is 2. The lowest BCUT2D eigenvalue weighted by atomic mass is 10.2. The van der Waals surface area contributed by atoms with E-state index in [1.807, 2.05) is 14.1 Å². The molecule has 95 valence electrons. The van der Waals surface area contributed by atoms with Crippen LogP contribution in [-0.4, -0.2) is 19.1 Å². The van der Waals surface area contributed by atoms with Gasteiger partial charge in [-0.25, -0.2) is 4.98 Å². The molecule has 0 bridgehead atoms. The van der Waals surface area contributed by atoms with Gasteiger partial charge in [-0.2, -0.15) is 0 Å². The molecule has 1 radical (unpaired) electrons. The minimum Gasteiger partial charge on any atom is -0.378 e. The third-order valence-electron chi connectivity index (χ3n) is 2.99. The van der Waals surface area contributed by atoms with Gasteiger partial charge in [0.1, 0.15) is 5.01 Å². The Hall–Kier alpha value is -2.07. The second-order valence-corrected chi connectivity index (χ2v) is 5.62. The highest BCUT2D eigenvalue weighted by molar-refractivity contribution is 7.21. The molecular formula is C15H13N2OS. The molecule has 0 aliphatic carbocycles. The molecule has 0 atom stereocenters. The molecule has 0 saturated carbocycles. The molecule has 3 rings (SSSR count). The van der Waals surface area contributed by atoms with Gasteiger partial charge in [0.25, 0.3) is 0 Å². The summed E-state index contributed by atoms with van der Waals surface area (Å²) in [6.07, 6.45) is 0. The van der Waals surface area contributed by atoms with E-state index >= 15 is 0 Å². The van der Waals surface area contributed by atoms with Crippen LogP contribution in [0.15, 0.2) is 42.5 Å². The number of anilines is 1. The molecule has 0 amide bonds. The number of benzene rings is 2. The summed E-state index contributed by atoms with van der Waals surface area (Å²) in [5.41, 5.74) is 3.13. The van der Waals surface area contributed by atoms with Crippen LogP contribution in [0, 0.1) is 0 Å². The minimum absolute atomic E-state index is 0.0330. The van der Waals surface area contributed by atoms with Gasteiger partial charge >= 0.3 is 0 Å². The highest BCUT2D eigenvalue weighted by atomic mass is 32.1. The van der Waals surface area contributed by atoms with Crippen molar-refractivity contribution in [2.24, 2.45) is 0 Å². The number of hydrogen-bond acceptors (Lipinski definition) is 3. The lowest BCUT2D eigenvalue weighted by Crippen LogP contribution is -2.07. The second kappa shape index (κ2) is 4.55. The number of thiazole rings is 1. The van der Waals surface area contributed by atoms with E-state index in [2.05, 4.69) is 34.1 Å². The molecule has 1 aromatic heterocycles. The first-order valence-electron chi connectivity index (χ1n) is 5.99. The maximum atomic E-state index is 11.3. The third-order valence-corrected chi connectivity index (χ3v) is 4.06. The van der Waals surface area contributed by atoms with E-state index < -0.39 is 0 Å². The molecule has 0 aliphatic rings. The molecule has 0 saturated heterocycles. The van der Waals surface area contributed by atoms with Crippen LogP contribution in [0.3, 0.4) is 0 Å². The first-order chi connectivity index (χ1) is 9.13. The van der Waals surface area contributed by atoms with Gasteiger partial charge in [0, 0.05) is 31.4 Å². The van der Waals surface area contributed by atoms with Gasteiger partial charge in [-0.05, 0) is 36.4 Å². The van der Waals surface area contributed by atoms with Crippen molar-refractivity contribution in [3.63, 3.8) is 0 Å². The molecule has 0 spiro atoms. The van der Waals surface area contributed by atoms with Crippen molar-refractivity contribution in [2.75, 3.05) is 19.0 Å². The van der Waals surface area contributed by atoms with Crippen molar-refractivity contribution in [1.29, 1.82) is 0 Å². The van der Waals surface area contributed by atoms with Crippen LogP contribution in [-0.2, 0) is 5.11 Å². The molecular weight excluding hydrogens is 256 g/mol. The predicted molar refractivity (Wildman–Crippen MR) is 79.5 cm³/mol. The van der Waals surface area contributed by atoms with Crippen LogP contribution < -0.4 is 4.90 Å². The zero-order chi connectivity index (χ0) is 13.4. The van der Waals surface area contributed by atoms with Gasteiger partial charge in [0.2, 0.25) is 0 Å². The molecule has 0 fully saturated rings. The standard InChI is InChI=1S/C15H13N2OS/c1-17(2)11-5-3-10(4-6-11)15-16-13-8-7-12(18)9-14(13)19-15/h3-9H,1-2H3. The Morgan fingerprint density at radius 2 is 1.79 bits per heavy atom. The van der Waals surface area contributed by atoms with Gasteiger partial charge in [-0.3, -0.25) is 5.11 Å². The van der Waals surface area contributed by atoms with Crippen molar-refractivity contribution in [3.8, 4) is 16.3 Å². The van der Waals surface area contributed by atoms with Crippen LogP contribution in [0.1, 0.15) is 0 Å². The Balaban J connectivity index is 2.03.